The molecular weight excluding hydrogens is 174 g/mol. The highest BCUT2D eigenvalue weighted by Crippen LogP contribution is 2.34. The summed E-state index contributed by atoms with van der Waals surface area (Å²) in [5.74, 6) is 0.992. The summed E-state index contributed by atoms with van der Waals surface area (Å²) in [5, 5.41) is 3.55. The van der Waals surface area contributed by atoms with Crippen LogP contribution in [0.25, 0.3) is 0 Å². The van der Waals surface area contributed by atoms with Gasteiger partial charge in [-0.3, -0.25) is 0 Å². The second-order valence-corrected chi connectivity index (χ2v) is 4.27. The maximum absolute atomic E-state index is 5.09. The van der Waals surface area contributed by atoms with E-state index in [2.05, 4.69) is 18.3 Å². The topological polar surface area (TPSA) is 25.2 Å². The summed E-state index contributed by atoms with van der Waals surface area (Å²) in [6, 6.07) is 2.71. The van der Waals surface area contributed by atoms with E-state index in [0.717, 1.165) is 18.9 Å². The average molecular weight is 193 g/mol. The molecule has 2 heteroatoms. The van der Waals surface area contributed by atoms with Crippen molar-refractivity contribution >= 4 is 0 Å². The van der Waals surface area contributed by atoms with E-state index in [9.17, 15) is 0 Å². The van der Waals surface area contributed by atoms with Gasteiger partial charge in [0.05, 0.1) is 12.5 Å². The van der Waals surface area contributed by atoms with E-state index in [1.54, 1.807) is 6.26 Å². The lowest BCUT2D eigenvalue weighted by Gasteiger charge is -2.16. The SMILES string of the molecule is CCNC(Cc1ccoc1)CC1CC1. The Kier molecular flexibility index (Phi) is 3.25. The smallest absolute Gasteiger partial charge is 0.0935 e. The molecule has 0 spiro atoms. The van der Waals surface area contributed by atoms with Gasteiger partial charge in [-0.1, -0.05) is 19.8 Å². The second-order valence-electron chi connectivity index (χ2n) is 4.27. The van der Waals surface area contributed by atoms with Crippen molar-refractivity contribution in [2.24, 2.45) is 5.92 Å². The van der Waals surface area contributed by atoms with Gasteiger partial charge in [-0.25, -0.2) is 0 Å². The highest BCUT2D eigenvalue weighted by atomic mass is 16.3. The van der Waals surface area contributed by atoms with Crippen LogP contribution in [0.2, 0.25) is 0 Å². The normalized spacial score (nSPS) is 18.4. The number of hydrogen-bond acceptors (Lipinski definition) is 2. The summed E-state index contributed by atoms with van der Waals surface area (Å²) in [6.07, 6.45) is 8.94. The fourth-order valence-electron chi connectivity index (χ4n) is 1.98. The molecule has 0 aromatic carbocycles. The van der Waals surface area contributed by atoms with E-state index in [0.29, 0.717) is 6.04 Å². The van der Waals surface area contributed by atoms with Gasteiger partial charge in [-0.2, -0.15) is 0 Å². The molecule has 2 nitrogen and oxygen atoms in total. The predicted octanol–water partition coefficient (Wildman–Crippen LogP) is 2.60. The van der Waals surface area contributed by atoms with Crippen molar-refractivity contribution in [3.8, 4) is 0 Å². The molecule has 1 aromatic heterocycles. The van der Waals surface area contributed by atoms with Gasteiger partial charge in [0.15, 0.2) is 0 Å². The minimum Gasteiger partial charge on any atom is -0.472 e. The van der Waals surface area contributed by atoms with Gasteiger partial charge < -0.3 is 9.73 Å². The van der Waals surface area contributed by atoms with E-state index >= 15 is 0 Å². The van der Waals surface area contributed by atoms with Crippen LogP contribution in [0.5, 0.6) is 0 Å². The van der Waals surface area contributed by atoms with Crippen LogP contribution in [0.4, 0.5) is 0 Å². The number of furan rings is 1. The van der Waals surface area contributed by atoms with Gasteiger partial charge in [0.25, 0.3) is 0 Å². The van der Waals surface area contributed by atoms with Crippen LogP contribution in [0.3, 0.4) is 0 Å². The highest BCUT2D eigenvalue weighted by molar-refractivity contribution is 5.07. The molecular formula is C12H19NO. The van der Waals surface area contributed by atoms with E-state index in [1.165, 1.54) is 24.8 Å². The zero-order valence-electron chi connectivity index (χ0n) is 8.83. The van der Waals surface area contributed by atoms with Crippen LogP contribution < -0.4 is 5.32 Å². The molecule has 1 atom stereocenters. The van der Waals surface area contributed by atoms with Crippen LogP contribution in [-0.2, 0) is 6.42 Å². The fourth-order valence-corrected chi connectivity index (χ4v) is 1.98. The Balaban J connectivity index is 1.82. The van der Waals surface area contributed by atoms with Crippen molar-refractivity contribution in [1.29, 1.82) is 0 Å². The van der Waals surface area contributed by atoms with Gasteiger partial charge in [-0.15, -0.1) is 0 Å². The van der Waals surface area contributed by atoms with Crippen LogP contribution in [0.1, 0.15) is 31.7 Å². The van der Waals surface area contributed by atoms with Crippen molar-refractivity contribution in [3.05, 3.63) is 24.2 Å². The molecule has 1 fully saturated rings. The summed E-state index contributed by atoms with van der Waals surface area (Å²) in [5.41, 5.74) is 1.32. The van der Waals surface area contributed by atoms with Crippen molar-refractivity contribution in [1.82, 2.24) is 5.32 Å². The summed E-state index contributed by atoms with van der Waals surface area (Å²) < 4.78 is 5.09. The molecule has 0 amide bonds. The van der Waals surface area contributed by atoms with Gasteiger partial charge in [0, 0.05) is 6.04 Å². The quantitative estimate of drug-likeness (QED) is 0.751. The lowest BCUT2D eigenvalue weighted by atomic mass is 10.0. The standard InChI is InChI=1S/C12H19NO/c1-2-13-12(7-10-3-4-10)8-11-5-6-14-9-11/h5-6,9-10,12-13H,2-4,7-8H2,1H3. The fraction of sp³-hybridized carbons (Fsp3) is 0.667. The number of hydrogen-bond donors (Lipinski definition) is 1. The average Bonchev–Trinajstić information content (AvgIpc) is 2.81. The maximum atomic E-state index is 5.09. The molecule has 1 heterocycles. The van der Waals surface area contributed by atoms with Crippen LogP contribution in [-0.4, -0.2) is 12.6 Å². The molecule has 0 radical (unpaired) electrons. The molecule has 1 unspecified atom stereocenters. The van der Waals surface area contributed by atoms with Crippen molar-refractivity contribution < 1.29 is 4.42 Å². The first-order valence-corrected chi connectivity index (χ1v) is 5.63. The number of likely N-dealkylation sites (N-methyl/N-ethyl adjacent to an activating group) is 1. The third kappa shape index (κ3) is 2.88. The molecule has 1 aliphatic carbocycles. The molecule has 0 aliphatic heterocycles. The van der Waals surface area contributed by atoms with E-state index in [-0.39, 0.29) is 0 Å². The van der Waals surface area contributed by atoms with E-state index < -0.39 is 0 Å². The van der Waals surface area contributed by atoms with Gasteiger partial charge in [0.1, 0.15) is 0 Å². The van der Waals surface area contributed by atoms with Gasteiger partial charge in [-0.05, 0) is 36.9 Å². The van der Waals surface area contributed by atoms with Crippen LogP contribution in [0.15, 0.2) is 23.0 Å². The zero-order valence-corrected chi connectivity index (χ0v) is 8.83. The highest BCUT2D eigenvalue weighted by Gasteiger charge is 2.25. The monoisotopic (exact) mass is 193 g/mol. The minimum absolute atomic E-state index is 0.644. The minimum atomic E-state index is 0.644. The van der Waals surface area contributed by atoms with E-state index in [4.69, 9.17) is 4.42 Å². The van der Waals surface area contributed by atoms with E-state index in [1.807, 2.05) is 6.26 Å². The molecule has 1 aromatic rings. The van der Waals surface area contributed by atoms with Gasteiger partial charge in [0.2, 0.25) is 0 Å². The Bertz CT molecular complexity index is 251. The summed E-state index contributed by atoms with van der Waals surface area (Å²) >= 11 is 0. The number of nitrogens with one attached hydrogen (secondary N) is 1. The maximum Gasteiger partial charge on any atom is 0.0935 e. The lowest BCUT2D eigenvalue weighted by Crippen LogP contribution is -2.31. The van der Waals surface area contributed by atoms with Crippen molar-refractivity contribution in [2.45, 2.75) is 38.6 Å². The predicted molar refractivity (Wildman–Crippen MR) is 57.2 cm³/mol. The molecule has 14 heavy (non-hydrogen) atoms. The Morgan fingerprint density at radius 3 is 3.00 bits per heavy atom. The summed E-state index contributed by atoms with van der Waals surface area (Å²) in [4.78, 5) is 0. The lowest BCUT2D eigenvalue weighted by molar-refractivity contribution is 0.463. The molecule has 1 saturated carbocycles. The summed E-state index contributed by atoms with van der Waals surface area (Å²) in [7, 11) is 0. The third-order valence-corrected chi connectivity index (χ3v) is 2.87. The van der Waals surface area contributed by atoms with Gasteiger partial charge >= 0.3 is 0 Å². The Morgan fingerprint density at radius 2 is 2.43 bits per heavy atom. The molecule has 0 saturated heterocycles. The molecule has 0 bridgehead atoms. The molecule has 2 rings (SSSR count). The van der Waals surface area contributed by atoms with Crippen LogP contribution in [0, 0.1) is 5.92 Å². The van der Waals surface area contributed by atoms with Crippen molar-refractivity contribution in [3.63, 3.8) is 0 Å². The first kappa shape index (κ1) is 9.78. The third-order valence-electron chi connectivity index (χ3n) is 2.87. The zero-order chi connectivity index (χ0) is 9.80. The Labute approximate surface area is 85.7 Å². The molecule has 1 aliphatic rings. The van der Waals surface area contributed by atoms with Crippen LogP contribution >= 0.6 is 0 Å². The number of rotatable bonds is 6. The Morgan fingerprint density at radius 1 is 1.57 bits per heavy atom. The summed E-state index contributed by atoms with van der Waals surface area (Å²) in [6.45, 7) is 3.24. The Hall–Kier alpha value is -0.760. The molecule has 78 valence electrons. The first-order chi connectivity index (χ1) is 6.88. The van der Waals surface area contributed by atoms with Crippen molar-refractivity contribution in [2.75, 3.05) is 6.54 Å². The first-order valence-electron chi connectivity index (χ1n) is 5.63. The second kappa shape index (κ2) is 4.65. The largest absolute Gasteiger partial charge is 0.472 e. The molecule has 1 N–H and O–H groups in total.